The fraction of sp³-hybridized carbons (Fsp3) is 1.00. The third kappa shape index (κ3) is 1.27. The minimum Gasteiger partial charge on any atom is -0.389 e. The first kappa shape index (κ1) is 8.27. The molecule has 0 aliphatic carbocycles. The van der Waals surface area contributed by atoms with Crippen molar-refractivity contribution in [3.8, 4) is 0 Å². The van der Waals surface area contributed by atoms with Crippen molar-refractivity contribution in [2.75, 3.05) is 6.54 Å². The Balaban J connectivity index is 2.53. The van der Waals surface area contributed by atoms with E-state index in [9.17, 15) is 5.11 Å². The summed E-state index contributed by atoms with van der Waals surface area (Å²) in [4.78, 5) is 0. The lowest BCUT2D eigenvalue weighted by Crippen LogP contribution is -2.33. The molecule has 1 saturated heterocycles. The highest BCUT2D eigenvalue weighted by Crippen LogP contribution is 2.24. The van der Waals surface area contributed by atoms with Crippen LogP contribution in [-0.2, 0) is 4.74 Å². The van der Waals surface area contributed by atoms with Crippen LogP contribution in [0.25, 0.3) is 0 Å². The lowest BCUT2D eigenvalue weighted by molar-refractivity contribution is 0.0224. The summed E-state index contributed by atoms with van der Waals surface area (Å²) in [6.45, 7) is 2.16. The molecule has 1 rings (SSSR count). The quantitative estimate of drug-likeness (QED) is 0.525. The topological polar surface area (TPSA) is 55.5 Å². The summed E-state index contributed by atoms with van der Waals surface area (Å²) >= 11 is 5.76. The molecule has 0 aromatic carbocycles. The normalized spacial score (nSPS) is 48.0. The van der Waals surface area contributed by atoms with Gasteiger partial charge in [0, 0.05) is 6.54 Å². The van der Waals surface area contributed by atoms with E-state index in [1.165, 1.54) is 0 Å². The van der Waals surface area contributed by atoms with Gasteiger partial charge in [-0.3, -0.25) is 0 Å². The highest BCUT2D eigenvalue weighted by Gasteiger charge is 2.38. The minimum absolute atomic E-state index is 0.0924. The van der Waals surface area contributed by atoms with Crippen LogP contribution in [0.15, 0.2) is 0 Å². The van der Waals surface area contributed by atoms with Crippen molar-refractivity contribution in [3.63, 3.8) is 0 Å². The second kappa shape index (κ2) is 3.05. The molecule has 0 radical (unpaired) electrons. The zero-order valence-corrected chi connectivity index (χ0v) is 6.58. The molecule has 3 nitrogen and oxygen atoms in total. The van der Waals surface area contributed by atoms with E-state index in [2.05, 4.69) is 0 Å². The van der Waals surface area contributed by atoms with Gasteiger partial charge in [-0.15, -0.1) is 11.6 Å². The summed E-state index contributed by atoms with van der Waals surface area (Å²) in [5.74, 6) is 0. The average molecular weight is 166 g/mol. The molecule has 4 atom stereocenters. The molecule has 0 spiro atoms. The molecule has 1 fully saturated rings. The van der Waals surface area contributed by atoms with Gasteiger partial charge < -0.3 is 15.6 Å². The van der Waals surface area contributed by atoms with Crippen LogP contribution in [0.1, 0.15) is 6.92 Å². The molecule has 4 unspecified atom stereocenters. The van der Waals surface area contributed by atoms with Crippen molar-refractivity contribution in [2.24, 2.45) is 5.73 Å². The predicted octanol–water partition coefficient (Wildman–Crippen LogP) is -0.299. The molecule has 0 bridgehead atoms. The fourth-order valence-corrected chi connectivity index (χ4v) is 1.33. The SMILES string of the molecule is CC1OC(CN)C(O)C1Cl. The molecule has 0 aromatic heterocycles. The van der Waals surface area contributed by atoms with Crippen molar-refractivity contribution in [1.82, 2.24) is 0 Å². The number of rotatable bonds is 1. The second-order valence-electron chi connectivity index (χ2n) is 2.55. The van der Waals surface area contributed by atoms with Gasteiger partial charge in [-0.25, -0.2) is 0 Å². The molecule has 3 N–H and O–H groups in total. The first-order valence-corrected chi connectivity index (χ1v) is 3.78. The van der Waals surface area contributed by atoms with Crippen molar-refractivity contribution >= 4 is 11.6 Å². The maximum Gasteiger partial charge on any atom is 0.100 e. The predicted molar refractivity (Wildman–Crippen MR) is 39.0 cm³/mol. The summed E-state index contributed by atoms with van der Waals surface area (Å²) in [5, 5.41) is 8.98. The van der Waals surface area contributed by atoms with Crippen LogP contribution >= 0.6 is 11.6 Å². The zero-order chi connectivity index (χ0) is 7.72. The van der Waals surface area contributed by atoms with Crippen molar-refractivity contribution in [1.29, 1.82) is 0 Å². The molecule has 0 saturated carbocycles. The van der Waals surface area contributed by atoms with Gasteiger partial charge in [-0.1, -0.05) is 0 Å². The van der Waals surface area contributed by atoms with Gasteiger partial charge >= 0.3 is 0 Å². The molecule has 0 amide bonds. The highest BCUT2D eigenvalue weighted by molar-refractivity contribution is 6.21. The average Bonchev–Trinajstić information content (AvgIpc) is 2.17. The van der Waals surface area contributed by atoms with Gasteiger partial charge in [0.25, 0.3) is 0 Å². The summed E-state index contributed by atoms with van der Waals surface area (Å²) < 4.78 is 5.23. The number of halogens is 1. The summed E-state index contributed by atoms with van der Waals surface area (Å²) in [6.07, 6.45) is -0.982. The van der Waals surface area contributed by atoms with E-state index in [4.69, 9.17) is 22.1 Å². The maximum absolute atomic E-state index is 9.29. The Morgan fingerprint density at radius 1 is 1.70 bits per heavy atom. The largest absolute Gasteiger partial charge is 0.389 e. The fourth-order valence-electron chi connectivity index (χ4n) is 1.11. The number of nitrogens with two attached hydrogens (primary N) is 1. The van der Waals surface area contributed by atoms with Gasteiger partial charge in [0.05, 0.1) is 17.6 Å². The number of hydrogen-bond acceptors (Lipinski definition) is 3. The molecule has 1 aliphatic heterocycles. The van der Waals surface area contributed by atoms with Crippen LogP contribution in [0.4, 0.5) is 0 Å². The van der Waals surface area contributed by atoms with Crippen LogP contribution < -0.4 is 5.73 Å². The van der Waals surface area contributed by atoms with E-state index < -0.39 is 6.10 Å². The van der Waals surface area contributed by atoms with Crippen LogP contribution in [0.2, 0.25) is 0 Å². The highest BCUT2D eigenvalue weighted by atomic mass is 35.5. The smallest absolute Gasteiger partial charge is 0.100 e. The van der Waals surface area contributed by atoms with Crippen molar-refractivity contribution < 1.29 is 9.84 Å². The van der Waals surface area contributed by atoms with Crippen molar-refractivity contribution in [2.45, 2.75) is 30.6 Å². The number of alkyl halides is 1. The van der Waals surface area contributed by atoms with Gasteiger partial charge in [0.1, 0.15) is 6.10 Å². The maximum atomic E-state index is 9.29. The number of ether oxygens (including phenoxy) is 1. The van der Waals surface area contributed by atoms with Crippen molar-refractivity contribution in [3.05, 3.63) is 0 Å². The van der Waals surface area contributed by atoms with Gasteiger partial charge in [0.2, 0.25) is 0 Å². The number of hydrogen-bond donors (Lipinski definition) is 2. The standard InChI is InChI=1S/C6H12ClNO2/c1-3-5(7)6(9)4(2-8)10-3/h3-6,9H,2,8H2,1H3. The van der Waals surface area contributed by atoms with E-state index in [0.29, 0.717) is 6.54 Å². The zero-order valence-electron chi connectivity index (χ0n) is 5.83. The van der Waals surface area contributed by atoms with Gasteiger partial charge in [-0.2, -0.15) is 0 Å². The molecule has 10 heavy (non-hydrogen) atoms. The third-order valence-electron chi connectivity index (χ3n) is 1.78. The van der Waals surface area contributed by atoms with E-state index in [1.807, 2.05) is 6.92 Å². The van der Waals surface area contributed by atoms with Crippen LogP contribution in [-0.4, -0.2) is 35.3 Å². The van der Waals surface area contributed by atoms with Gasteiger partial charge in [0.15, 0.2) is 0 Å². The Hall–Kier alpha value is 0.170. The lowest BCUT2D eigenvalue weighted by atomic mass is 10.1. The molecular formula is C6H12ClNO2. The Morgan fingerprint density at radius 2 is 2.30 bits per heavy atom. The van der Waals surface area contributed by atoms with Crippen LogP contribution in [0.3, 0.4) is 0 Å². The molecule has 0 aromatic rings. The molecular weight excluding hydrogens is 154 g/mol. The molecule has 60 valence electrons. The third-order valence-corrected chi connectivity index (χ3v) is 2.39. The summed E-state index contributed by atoms with van der Waals surface area (Å²) in [5.41, 5.74) is 5.31. The first-order valence-electron chi connectivity index (χ1n) is 3.34. The van der Waals surface area contributed by atoms with Gasteiger partial charge in [-0.05, 0) is 6.92 Å². The Kier molecular flexibility index (Phi) is 2.52. The Bertz CT molecular complexity index is 122. The van der Waals surface area contributed by atoms with E-state index in [-0.39, 0.29) is 17.6 Å². The van der Waals surface area contributed by atoms with Crippen LogP contribution in [0.5, 0.6) is 0 Å². The lowest BCUT2D eigenvalue weighted by Gasteiger charge is -2.10. The minimum atomic E-state index is -0.610. The Morgan fingerprint density at radius 3 is 2.50 bits per heavy atom. The second-order valence-corrected chi connectivity index (χ2v) is 3.05. The molecule has 1 aliphatic rings. The van der Waals surface area contributed by atoms with E-state index >= 15 is 0 Å². The number of aliphatic hydroxyl groups excluding tert-OH is 1. The molecule has 4 heteroatoms. The summed E-state index contributed by atoms with van der Waals surface area (Å²) in [6, 6.07) is 0. The van der Waals surface area contributed by atoms with E-state index in [0.717, 1.165) is 0 Å². The number of aliphatic hydroxyl groups is 1. The van der Waals surface area contributed by atoms with Crippen LogP contribution in [0, 0.1) is 0 Å². The monoisotopic (exact) mass is 165 g/mol. The Labute approximate surface area is 65.1 Å². The van der Waals surface area contributed by atoms with E-state index in [1.54, 1.807) is 0 Å². The molecule has 1 heterocycles. The first-order chi connectivity index (χ1) is 4.66. The summed E-state index contributed by atoms with van der Waals surface area (Å²) in [7, 11) is 0.